The van der Waals surface area contributed by atoms with Crippen LogP contribution in [-0.2, 0) is 4.79 Å². The summed E-state index contributed by atoms with van der Waals surface area (Å²) in [6, 6.07) is 17.8. The van der Waals surface area contributed by atoms with Crippen molar-refractivity contribution in [2.24, 2.45) is 5.10 Å². The molecule has 1 aromatic heterocycles. The fourth-order valence-electron chi connectivity index (χ4n) is 2.19. The van der Waals surface area contributed by atoms with Crippen LogP contribution in [0.5, 0.6) is 0 Å². The van der Waals surface area contributed by atoms with E-state index in [2.05, 4.69) is 15.8 Å². The molecule has 0 unspecified atom stereocenters. The van der Waals surface area contributed by atoms with Crippen LogP contribution < -0.4 is 10.7 Å². The third kappa shape index (κ3) is 5.82. The van der Waals surface area contributed by atoms with Crippen molar-refractivity contribution < 1.29 is 18.4 Å². The van der Waals surface area contributed by atoms with Gasteiger partial charge in [0.15, 0.2) is 5.09 Å². The first kappa shape index (κ1) is 19.4. The van der Waals surface area contributed by atoms with Crippen LogP contribution in [0.1, 0.15) is 16.1 Å². The Morgan fingerprint density at radius 3 is 2.68 bits per heavy atom. The van der Waals surface area contributed by atoms with Crippen LogP contribution in [0.3, 0.4) is 0 Å². The number of anilines is 1. The maximum Gasteiger partial charge on any atom is 0.271 e. The van der Waals surface area contributed by atoms with E-state index in [1.165, 1.54) is 36.2 Å². The molecule has 2 aromatic carbocycles. The minimum absolute atomic E-state index is 0.148. The lowest BCUT2D eigenvalue weighted by molar-refractivity contribution is -0.113. The number of hydrogen-bond donors (Lipinski definition) is 2. The molecule has 0 aliphatic rings. The number of para-hydroxylation sites is 1. The molecule has 0 fully saturated rings. The number of hydrazone groups is 1. The van der Waals surface area contributed by atoms with Gasteiger partial charge in [-0.3, -0.25) is 9.59 Å². The summed E-state index contributed by atoms with van der Waals surface area (Å²) in [6.45, 7) is 0. The van der Waals surface area contributed by atoms with Crippen LogP contribution in [0.15, 0.2) is 81.3 Å². The minimum atomic E-state index is -0.533. The number of benzene rings is 2. The van der Waals surface area contributed by atoms with Gasteiger partial charge in [0, 0.05) is 11.3 Å². The van der Waals surface area contributed by atoms with Crippen LogP contribution in [0.4, 0.5) is 10.1 Å². The molecule has 142 valence electrons. The Kier molecular flexibility index (Phi) is 6.59. The molecular formula is C20H16FN3O3S. The molecule has 8 heteroatoms. The molecule has 0 atom stereocenters. The molecule has 0 bridgehead atoms. The van der Waals surface area contributed by atoms with Gasteiger partial charge >= 0.3 is 0 Å². The Morgan fingerprint density at radius 1 is 1.07 bits per heavy atom. The fourth-order valence-corrected chi connectivity index (χ4v) is 2.85. The zero-order valence-corrected chi connectivity index (χ0v) is 15.4. The van der Waals surface area contributed by atoms with Crippen LogP contribution in [0, 0.1) is 5.82 Å². The number of carbonyl (C=O) groups is 2. The van der Waals surface area contributed by atoms with Gasteiger partial charge in [0.25, 0.3) is 5.91 Å². The largest absolute Gasteiger partial charge is 0.449 e. The summed E-state index contributed by atoms with van der Waals surface area (Å²) in [4.78, 5) is 23.8. The van der Waals surface area contributed by atoms with Gasteiger partial charge in [0.1, 0.15) is 11.6 Å². The predicted octanol–water partition coefficient (Wildman–Crippen LogP) is 3.91. The molecule has 0 radical (unpaired) electrons. The molecule has 3 rings (SSSR count). The van der Waals surface area contributed by atoms with E-state index in [1.807, 2.05) is 30.3 Å². The predicted molar refractivity (Wildman–Crippen MR) is 106 cm³/mol. The number of carbonyl (C=O) groups excluding carboxylic acids is 2. The Balaban J connectivity index is 1.46. The van der Waals surface area contributed by atoms with Gasteiger partial charge in [-0.2, -0.15) is 5.10 Å². The number of amides is 2. The van der Waals surface area contributed by atoms with Gasteiger partial charge < -0.3 is 9.73 Å². The molecule has 1 heterocycles. The van der Waals surface area contributed by atoms with Gasteiger partial charge in [-0.25, -0.2) is 9.82 Å². The van der Waals surface area contributed by atoms with Gasteiger partial charge in [-0.1, -0.05) is 36.0 Å². The van der Waals surface area contributed by atoms with E-state index < -0.39 is 11.7 Å². The van der Waals surface area contributed by atoms with Crippen LogP contribution in [0.25, 0.3) is 0 Å². The number of hydrogen-bond acceptors (Lipinski definition) is 5. The lowest BCUT2D eigenvalue weighted by Crippen LogP contribution is -2.17. The van der Waals surface area contributed by atoms with Crippen LogP contribution in [0.2, 0.25) is 0 Å². The molecule has 0 aliphatic heterocycles. The minimum Gasteiger partial charge on any atom is -0.449 e. The summed E-state index contributed by atoms with van der Waals surface area (Å²) in [7, 11) is 0. The lowest BCUT2D eigenvalue weighted by atomic mass is 10.2. The average Bonchev–Trinajstić information content (AvgIpc) is 3.15. The van der Waals surface area contributed by atoms with Crippen molar-refractivity contribution in [2.75, 3.05) is 11.1 Å². The molecule has 6 nitrogen and oxygen atoms in total. The van der Waals surface area contributed by atoms with Gasteiger partial charge in [0.2, 0.25) is 5.91 Å². The fraction of sp³-hybridized carbons (Fsp3) is 0.0500. The van der Waals surface area contributed by atoms with E-state index in [4.69, 9.17) is 4.42 Å². The first-order valence-electron chi connectivity index (χ1n) is 8.27. The van der Waals surface area contributed by atoms with Crippen molar-refractivity contribution >= 4 is 35.5 Å². The first-order valence-corrected chi connectivity index (χ1v) is 9.25. The lowest BCUT2D eigenvalue weighted by Gasteiger charge is -2.03. The summed E-state index contributed by atoms with van der Waals surface area (Å²) < 4.78 is 18.6. The number of rotatable bonds is 7. The quantitative estimate of drug-likeness (QED) is 0.360. The van der Waals surface area contributed by atoms with Gasteiger partial charge in [-0.05, 0) is 42.5 Å². The van der Waals surface area contributed by atoms with Gasteiger partial charge in [-0.15, -0.1) is 0 Å². The highest BCUT2D eigenvalue weighted by molar-refractivity contribution is 7.99. The summed E-state index contributed by atoms with van der Waals surface area (Å²) in [5.74, 6) is -0.583. The highest BCUT2D eigenvalue weighted by Gasteiger charge is 2.07. The van der Waals surface area contributed by atoms with E-state index in [1.54, 1.807) is 12.1 Å². The SMILES string of the molecule is O=C(CSc1ccc(/C=N/NC(=O)c2cccc(F)c2)o1)Nc1ccccc1. The number of nitrogens with zero attached hydrogens (tertiary/aromatic N) is 1. The smallest absolute Gasteiger partial charge is 0.271 e. The summed E-state index contributed by atoms with van der Waals surface area (Å²) in [5.41, 5.74) is 3.19. The highest BCUT2D eigenvalue weighted by Crippen LogP contribution is 2.20. The molecule has 0 spiro atoms. The maximum absolute atomic E-state index is 13.1. The topological polar surface area (TPSA) is 83.7 Å². The normalized spacial score (nSPS) is 10.8. The zero-order chi connectivity index (χ0) is 19.8. The molecule has 2 amide bonds. The van der Waals surface area contributed by atoms with E-state index in [9.17, 15) is 14.0 Å². The second-order valence-electron chi connectivity index (χ2n) is 5.57. The Morgan fingerprint density at radius 2 is 1.89 bits per heavy atom. The molecule has 0 saturated carbocycles. The summed E-state index contributed by atoms with van der Waals surface area (Å²) in [5, 5.41) is 7.11. The third-order valence-electron chi connectivity index (χ3n) is 3.45. The van der Waals surface area contributed by atoms with Crippen LogP contribution in [-0.4, -0.2) is 23.8 Å². The van der Waals surface area contributed by atoms with Crippen molar-refractivity contribution in [3.8, 4) is 0 Å². The van der Waals surface area contributed by atoms with Gasteiger partial charge in [0.05, 0.1) is 12.0 Å². The van der Waals surface area contributed by atoms with Crippen LogP contribution >= 0.6 is 11.8 Å². The highest BCUT2D eigenvalue weighted by atomic mass is 32.2. The van der Waals surface area contributed by atoms with Crippen molar-refractivity contribution in [2.45, 2.75) is 5.09 Å². The molecule has 28 heavy (non-hydrogen) atoms. The van der Waals surface area contributed by atoms with E-state index >= 15 is 0 Å². The molecule has 0 aliphatic carbocycles. The molecule has 0 saturated heterocycles. The second-order valence-corrected chi connectivity index (χ2v) is 6.55. The monoisotopic (exact) mass is 397 g/mol. The average molecular weight is 397 g/mol. The third-order valence-corrected chi connectivity index (χ3v) is 4.36. The van der Waals surface area contributed by atoms with E-state index in [0.29, 0.717) is 10.9 Å². The van der Waals surface area contributed by atoms with Crippen molar-refractivity contribution in [1.82, 2.24) is 5.43 Å². The first-order chi connectivity index (χ1) is 13.6. The Hall–Kier alpha value is -3.39. The number of nitrogens with one attached hydrogen (secondary N) is 2. The summed E-state index contributed by atoms with van der Waals surface area (Å²) in [6.07, 6.45) is 1.32. The second kappa shape index (κ2) is 9.52. The molecule has 3 aromatic rings. The Labute approximate surface area is 164 Å². The van der Waals surface area contributed by atoms with Crippen molar-refractivity contribution in [1.29, 1.82) is 0 Å². The van der Waals surface area contributed by atoms with Crippen molar-refractivity contribution in [3.05, 3.63) is 83.9 Å². The van der Waals surface area contributed by atoms with E-state index in [-0.39, 0.29) is 17.2 Å². The zero-order valence-electron chi connectivity index (χ0n) is 14.6. The van der Waals surface area contributed by atoms with E-state index in [0.717, 1.165) is 11.8 Å². The van der Waals surface area contributed by atoms with Crippen molar-refractivity contribution in [3.63, 3.8) is 0 Å². The molecule has 2 N–H and O–H groups in total. The Bertz CT molecular complexity index is 989. The number of halogens is 1. The maximum atomic E-state index is 13.1. The molecular weight excluding hydrogens is 381 g/mol. The number of thioether (sulfide) groups is 1. The summed E-state index contributed by atoms with van der Waals surface area (Å²) >= 11 is 1.24. The number of furan rings is 1. The standard InChI is InChI=1S/C20H16FN3O3S/c21-15-6-4-5-14(11-15)20(26)24-22-12-17-9-10-19(27-17)28-13-18(25)23-16-7-2-1-3-8-16/h1-12H,13H2,(H,23,25)(H,24,26)/b22-12+.